The van der Waals surface area contributed by atoms with Crippen LogP contribution in [0.1, 0.15) is 6.92 Å². The lowest BCUT2D eigenvalue weighted by Crippen LogP contribution is -2.18. The molecular weight excluding hydrogens is 150 g/mol. The maximum Gasteiger partial charge on any atom is 0.257 e. The number of hydrogen-bond donors (Lipinski definition) is 0. The first-order valence-electron chi connectivity index (χ1n) is 3.92. The summed E-state index contributed by atoms with van der Waals surface area (Å²) in [5.41, 5.74) is 2.16. The fourth-order valence-electron chi connectivity index (χ4n) is 1.45. The summed E-state index contributed by atoms with van der Waals surface area (Å²) in [6.07, 6.45) is 9.33. The van der Waals surface area contributed by atoms with Crippen LogP contribution >= 0.6 is 0 Å². The molecule has 0 aromatic carbocycles. The minimum atomic E-state index is -0.125. The van der Waals surface area contributed by atoms with Gasteiger partial charge in [-0.1, -0.05) is 24.3 Å². The lowest BCUT2D eigenvalue weighted by Gasteiger charge is -2.18. The van der Waals surface area contributed by atoms with E-state index in [1.54, 1.807) is 6.21 Å². The van der Waals surface area contributed by atoms with E-state index in [9.17, 15) is 4.79 Å². The Kier molecular flexibility index (Phi) is 1.54. The summed E-state index contributed by atoms with van der Waals surface area (Å²) in [7, 11) is 0. The number of dihydropyridines is 1. The lowest BCUT2D eigenvalue weighted by atomic mass is 9.89. The minimum absolute atomic E-state index is 0.0591. The molecule has 60 valence electrons. The molecule has 2 nitrogen and oxygen atoms in total. The normalized spacial score (nSPS) is 26.4. The molecule has 2 rings (SSSR count). The second kappa shape index (κ2) is 2.55. The Bertz CT molecular complexity index is 345. The maximum absolute atomic E-state index is 11.3. The molecule has 12 heavy (non-hydrogen) atoms. The molecule has 1 amide bonds. The van der Waals surface area contributed by atoms with Gasteiger partial charge in [-0.05, 0) is 18.1 Å². The summed E-state index contributed by atoms with van der Waals surface area (Å²) in [6, 6.07) is 0. The van der Waals surface area contributed by atoms with Crippen molar-refractivity contribution in [1.29, 1.82) is 0 Å². The van der Waals surface area contributed by atoms with Gasteiger partial charge in [0.15, 0.2) is 0 Å². The van der Waals surface area contributed by atoms with E-state index in [0.29, 0.717) is 0 Å². The molecule has 0 radical (unpaired) electrons. The number of allylic oxidation sites excluding steroid dienone is 4. The van der Waals surface area contributed by atoms with E-state index >= 15 is 0 Å². The largest absolute Gasteiger partial charge is 0.272 e. The lowest BCUT2D eigenvalue weighted by molar-refractivity contribution is -0.119. The summed E-state index contributed by atoms with van der Waals surface area (Å²) in [5.74, 6) is -0.184. The van der Waals surface area contributed by atoms with Crippen molar-refractivity contribution in [2.24, 2.45) is 10.9 Å². The number of nitrogens with zero attached hydrogens (tertiary/aromatic N) is 1. The third kappa shape index (κ3) is 0.961. The molecule has 0 fully saturated rings. The SMILES string of the molecule is CC1=C2C=CC=CC2C(=O)N=C1. The molecule has 0 bridgehead atoms. The first-order valence-corrected chi connectivity index (χ1v) is 3.92. The summed E-state index contributed by atoms with van der Waals surface area (Å²) in [5, 5.41) is 0. The molecule has 2 heteroatoms. The Labute approximate surface area is 71.0 Å². The van der Waals surface area contributed by atoms with Gasteiger partial charge >= 0.3 is 0 Å². The fraction of sp³-hybridized carbons (Fsp3) is 0.200. The van der Waals surface area contributed by atoms with E-state index in [2.05, 4.69) is 4.99 Å². The molecule has 1 aliphatic heterocycles. The number of carbonyl (C=O) groups excluding carboxylic acids is 1. The summed E-state index contributed by atoms with van der Waals surface area (Å²) >= 11 is 0. The van der Waals surface area contributed by atoms with Crippen molar-refractivity contribution in [1.82, 2.24) is 0 Å². The monoisotopic (exact) mass is 159 g/mol. The van der Waals surface area contributed by atoms with Gasteiger partial charge in [0.25, 0.3) is 5.91 Å². The second-order valence-corrected chi connectivity index (χ2v) is 2.96. The Morgan fingerprint density at radius 1 is 1.42 bits per heavy atom. The van der Waals surface area contributed by atoms with Crippen molar-refractivity contribution < 1.29 is 4.79 Å². The standard InChI is InChI=1S/C10H9NO/c1-7-6-11-10(12)9-5-3-2-4-8(7)9/h2-6,9H,1H3. The van der Waals surface area contributed by atoms with Crippen LogP contribution in [0.4, 0.5) is 0 Å². The molecule has 1 heterocycles. The zero-order valence-electron chi connectivity index (χ0n) is 6.82. The highest BCUT2D eigenvalue weighted by atomic mass is 16.1. The highest BCUT2D eigenvalue weighted by molar-refractivity contribution is 6.00. The van der Waals surface area contributed by atoms with Gasteiger partial charge in [0, 0.05) is 6.21 Å². The van der Waals surface area contributed by atoms with Crippen LogP contribution in [0, 0.1) is 5.92 Å². The van der Waals surface area contributed by atoms with Gasteiger partial charge in [0.2, 0.25) is 0 Å². The van der Waals surface area contributed by atoms with E-state index < -0.39 is 0 Å². The van der Waals surface area contributed by atoms with Crippen molar-refractivity contribution in [3.63, 3.8) is 0 Å². The Morgan fingerprint density at radius 2 is 2.25 bits per heavy atom. The van der Waals surface area contributed by atoms with Gasteiger partial charge in [-0.3, -0.25) is 4.79 Å². The Morgan fingerprint density at radius 3 is 3.00 bits per heavy atom. The number of fused-ring (bicyclic) bond motifs is 1. The van der Waals surface area contributed by atoms with Crippen LogP contribution < -0.4 is 0 Å². The highest BCUT2D eigenvalue weighted by Gasteiger charge is 2.23. The highest BCUT2D eigenvalue weighted by Crippen LogP contribution is 2.25. The average Bonchev–Trinajstić information content (AvgIpc) is 2.12. The van der Waals surface area contributed by atoms with Crippen LogP contribution in [-0.4, -0.2) is 12.1 Å². The van der Waals surface area contributed by atoms with Gasteiger partial charge in [0.1, 0.15) is 0 Å². The third-order valence-corrected chi connectivity index (χ3v) is 2.13. The van der Waals surface area contributed by atoms with E-state index in [0.717, 1.165) is 11.1 Å². The predicted molar refractivity (Wildman–Crippen MR) is 48.0 cm³/mol. The van der Waals surface area contributed by atoms with Gasteiger partial charge in [-0.25, -0.2) is 4.99 Å². The summed E-state index contributed by atoms with van der Waals surface area (Å²) in [6.45, 7) is 1.97. The third-order valence-electron chi connectivity index (χ3n) is 2.13. The average molecular weight is 159 g/mol. The molecular formula is C10H9NO. The van der Waals surface area contributed by atoms with Gasteiger partial charge in [-0.15, -0.1) is 0 Å². The number of carbonyl (C=O) groups is 1. The quantitative estimate of drug-likeness (QED) is 0.528. The molecule has 1 atom stereocenters. The number of rotatable bonds is 0. The van der Waals surface area contributed by atoms with Crippen LogP contribution in [0.15, 0.2) is 40.4 Å². The second-order valence-electron chi connectivity index (χ2n) is 2.96. The Balaban J connectivity index is 2.51. The Hall–Kier alpha value is -1.44. The predicted octanol–water partition coefficient (Wildman–Crippen LogP) is 1.66. The van der Waals surface area contributed by atoms with Crippen LogP contribution in [-0.2, 0) is 4.79 Å². The van der Waals surface area contributed by atoms with Crippen molar-refractivity contribution in [2.75, 3.05) is 0 Å². The molecule has 0 spiro atoms. The van der Waals surface area contributed by atoms with Crippen LogP contribution in [0.3, 0.4) is 0 Å². The number of amides is 1. The molecule has 2 aliphatic rings. The van der Waals surface area contributed by atoms with Crippen molar-refractivity contribution >= 4 is 12.1 Å². The number of hydrogen-bond acceptors (Lipinski definition) is 1. The van der Waals surface area contributed by atoms with Crippen LogP contribution in [0.2, 0.25) is 0 Å². The molecule has 0 N–H and O–H groups in total. The molecule has 0 saturated carbocycles. The van der Waals surface area contributed by atoms with Crippen molar-refractivity contribution in [2.45, 2.75) is 6.92 Å². The van der Waals surface area contributed by atoms with Crippen molar-refractivity contribution in [3.05, 3.63) is 35.5 Å². The molecule has 1 aliphatic carbocycles. The molecule has 1 unspecified atom stereocenters. The summed E-state index contributed by atoms with van der Waals surface area (Å²) < 4.78 is 0. The van der Waals surface area contributed by atoms with Gasteiger partial charge in [0.05, 0.1) is 5.92 Å². The first kappa shape index (κ1) is 7.22. The van der Waals surface area contributed by atoms with Crippen LogP contribution in [0.25, 0.3) is 0 Å². The topological polar surface area (TPSA) is 29.4 Å². The van der Waals surface area contributed by atoms with E-state index in [-0.39, 0.29) is 11.8 Å². The van der Waals surface area contributed by atoms with Crippen LogP contribution in [0.5, 0.6) is 0 Å². The maximum atomic E-state index is 11.3. The van der Waals surface area contributed by atoms with Gasteiger partial charge in [-0.2, -0.15) is 0 Å². The van der Waals surface area contributed by atoms with Gasteiger partial charge < -0.3 is 0 Å². The fourth-order valence-corrected chi connectivity index (χ4v) is 1.45. The first-order chi connectivity index (χ1) is 5.79. The zero-order valence-corrected chi connectivity index (χ0v) is 6.82. The minimum Gasteiger partial charge on any atom is -0.272 e. The van der Waals surface area contributed by atoms with E-state index in [1.807, 2.05) is 31.2 Å². The zero-order chi connectivity index (χ0) is 8.55. The summed E-state index contributed by atoms with van der Waals surface area (Å²) in [4.78, 5) is 15.0. The molecule has 0 aromatic heterocycles. The number of aliphatic imine (C=N–C) groups is 1. The molecule has 0 aromatic rings. The van der Waals surface area contributed by atoms with Crippen molar-refractivity contribution in [3.8, 4) is 0 Å². The van der Waals surface area contributed by atoms with E-state index in [1.165, 1.54) is 0 Å². The smallest absolute Gasteiger partial charge is 0.257 e. The molecule has 0 saturated heterocycles. The van der Waals surface area contributed by atoms with E-state index in [4.69, 9.17) is 0 Å².